The number of hydrogen-bond donors (Lipinski definition) is 2. The van der Waals surface area contributed by atoms with E-state index in [2.05, 4.69) is 20.8 Å². The van der Waals surface area contributed by atoms with Gasteiger partial charge >= 0.3 is 6.01 Å². The Balaban J connectivity index is 1.45. The van der Waals surface area contributed by atoms with Gasteiger partial charge in [0.15, 0.2) is 0 Å². The van der Waals surface area contributed by atoms with Gasteiger partial charge < -0.3 is 9.73 Å². The third-order valence-electron chi connectivity index (χ3n) is 4.60. The Morgan fingerprint density at radius 2 is 1.68 bits per heavy atom. The van der Waals surface area contributed by atoms with Crippen LogP contribution in [0.2, 0.25) is 0 Å². The standard InChI is InChI=1S/C24H17N5O5/c30-21(14-13-16-7-6-10-18(15-16)29(32)33)25-20-12-5-4-11-19(20)22(31)26-24-28-27-23(34-24)17-8-2-1-3-9-17/h1-15H,(H,25,30)(H,26,28,31)/b14-13+. The predicted molar refractivity (Wildman–Crippen MR) is 125 cm³/mol. The molecule has 0 atom stereocenters. The monoisotopic (exact) mass is 455 g/mol. The number of benzene rings is 3. The van der Waals surface area contributed by atoms with Gasteiger partial charge in [0.05, 0.1) is 16.2 Å². The molecule has 168 valence electrons. The molecule has 1 heterocycles. The highest BCUT2D eigenvalue weighted by atomic mass is 16.6. The molecule has 0 saturated carbocycles. The normalized spacial score (nSPS) is 10.7. The van der Waals surface area contributed by atoms with Crippen molar-refractivity contribution in [1.82, 2.24) is 10.2 Å². The molecule has 4 aromatic rings. The quantitative estimate of drug-likeness (QED) is 0.237. The average Bonchev–Trinajstić information content (AvgIpc) is 3.32. The summed E-state index contributed by atoms with van der Waals surface area (Å²) < 4.78 is 5.50. The van der Waals surface area contributed by atoms with Crippen molar-refractivity contribution in [2.24, 2.45) is 0 Å². The van der Waals surface area contributed by atoms with E-state index in [0.29, 0.717) is 11.1 Å². The molecule has 0 radical (unpaired) electrons. The number of para-hydroxylation sites is 1. The van der Waals surface area contributed by atoms with Crippen molar-refractivity contribution in [3.8, 4) is 11.5 Å². The van der Waals surface area contributed by atoms with E-state index < -0.39 is 16.7 Å². The van der Waals surface area contributed by atoms with Crippen molar-refractivity contribution >= 4 is 35.3 Å². The maximum absolute atomic E-state index is 12.8. The highest BCUT2D eigenvalue weighted by molar-refractivity contribution is 6.11. The van der Waals surface area contributed by atoms with E-state index in [0.717, 1.165) is 0 Å². The van der Waals surface area contributed by atoms with Crippen LogP contribution in [0.25, 0.3) is 17.5 Å². The SMILES string of the molecule is O=C(/C=C/c1cccc([N+](=O)[O-])c1)Nc1ccccc1C(=O)Nc1nnc(-c2ccccc2)o1. The third kappa shape index (κ3) is 5.37. The number of anilines is 2. The fraction of sp³-hybridized carbons (Fsp3) is 0. The Morgan fingerprint density at radius 3 is 2.47 bits per heavy atom. The number of nitro benzene ring substituents is 1. The molecule has 0 bridgehead atoms. The van der Waals surface area contributed by atoms with Crippen LogP contribution in [0, 0.1) is 10.1 Å². The van der Waals surface area contributed by atoms with Crippen molar-refractivity contribution in [1.29, 1.82) is 0 Å². The zero-order valence-electron chi connectivity index (χ0n) is 17.5. The third-order valence-corrected chi connectivity index (χ3v) is 4.60. The van der Waals surface area contributed by atoms with Crippen LogP contribution in [-0.4, -0.2) is 26.9 Å². The van der Waals surface area contributed by atoms with Crippen LogP contribution in [-0.2, 0) is 4.79 Å². The maximum Gasteiger partial charge on any atom is 0.322 e. The minimum absolute atomic E-state index is 0.0824. The first kappa shape index (κ1) is 22.1. The second kappa shape index (κ2) is 10.0. The van der Waals surface area contributed by atoms with Gasteiger partial charge in [-0.3, -0.25) is 25.0 Å². The number of amides is 2. The number of nitrogens with zero attached hydrogens (tertiary/aromatic N) is 3. The minimum atomic E-state index is -0.554. The van der Waals surface area contributed by atoms with E-state index in [1.54, 1.807) is 36.4 Å². The van der Waals surface area contributed by atoms with Crippen LogP contribution in [0.5, 0.6) is 0 Å². The van der Waals surface area contributed by atoms with Gasteiger partial charge in [0, 0.05) is 23.8 Å². The topological polar surface area (TPSA) is 140 Å². The number of carbonyl (C=O) groups is 2. The van der Waals surface area contributed by atoms with E-state index in [1.807, 2.05) is 18.2 Å². The number of non-ortho nitro benzene ring substituents is 1. The van der Waals surface area contributed by atoms with Crippen LogP contribution in [0.4, 0.5) is 17.4 Å². The molecule has 0 fully saturated rings. The van der Waals surface area contributed by atoms with Gasteiger partial charge in [-0.15, -0.1) is 5.10 Å². The van der Waals surface area contributed by atoms with Gasteiger partial charge in [0.2, 0.25) is 11.8 Å². The van der Waals surface area contributed by atoms with Crippen LogP contribution in [0.15, 0.2) is 89.4 Å². The molecule has 0 spiro atoms. The Bertz CT molecular complexity index is 1380. The second-order valence-corrected chi connectivity index (χ2v) is 6.95. The molecular formula is C24H17N5O5. The van der Waals surface area contributed by atoms with Crippen molar-refractivity contribution in [2.45, 2.75) is 0 Å². The summed E-state index contributed by atoms with van der Waals surface area (Å²) in [4.78, 5) is 35.5. The molecule has 10 heteroatoms. The summed E-state index contributed by atoms with van der Waals surface area (Å²) in [5, 5.41) is 23.8. The molecule has 0 aliphatic rings. The van der Waals surface area contributed by atoms with Crippen molar-refractivity contribution < 1.29 is 18.9 Å². The fourth-order valence-electron chi connectivity index (χ4n) is 3.01. The summed E-state index contributed by atoms with van der Waals surface area (Å²) in [7, 11) is 0. The molecule has 3 aromatic carbocycles. The number of rotatable bonds is 7. The first-order valence-electron chi connectivity index (χ1n) is 10.0. The largest absolute Gasteiger partial charge is 0.403 e. The van der Waals surface area contributed by atoms with Crippen molar-refractivity contribution in [2.75, 3.05) is 10.6 Å². The maximum atomic E-state index is 12.8. The zero-order chi connectivity index (χ0) is 23.9. The molecule has 0 unspecified atom stereocenters. The number of nitrogens with one attached hydrogen (secondary N) is 2. The van der Waals surface area contributed by atoms with E-state index >= 15 is 0 Å². The Hall–Kier alpha value is -5.12. The van der Waals surface area contributed by atoms with E-state index in [4.69, 9.17) is 4.42 Å². The number of hydrogen-bond acceptors (Lipinski definition) is 7. The summed E-state index contributed by atoms with van der Waals surface area (Å²) in [6, 6.07) is 21.3. The molecule has 0 aliphatic heterocycles. The highest BCUT2D eigenvalue weighted by Gasteiger charge is 2.16. The second-order valence-electron chi connectivity index (χ2n) is 6.95. The number of nitro groups is 1. The van der Waals surface area contributed by atoms with E-state index in [-0.39, 0.29) is 28.8 Å². The number of carbonyl (C=O) groups excluding carboxylic acids is 2. The van der Waals surface area contributed by atoms with Gasteiger partial charge in [-0.25, -0.2) is 0 Å². The lowest BCUT2D eigenvalue weighted by molar-refractivity contribution is -0.384. The van der Waals surface area contributed by atoms with Gasteiger partial charge in [-0.05, 0) is 35.9 Å². The fourth-order valence-corrected chi connectivity index (χ4v) is 3.01. The van der Waals surface area contributed by atoms with Crippen LogP contribution < -0.4 is 10.6 Å². The average molecular weight is 455 g/mol. The molecule has 0 aliphatic carbocycles. The zero-order valence-corrected chi connectivity index (χ0v) is 17.5. The molecule has 10 nitrogen and oxygen atoms in total. The molecular weight excluding hydrogens is 438 g/mol. The van der Waals surface area contributed by atoms with Crippen LogP contribution in [0.3, 0.4) is 0 Å². The van der Waals surface area contributed by atoms with Gasteiger partial charge in [0.1, 0.15) is 0 Å². The lowest BCUT2D eigenvalue weighted by Gasteiger charge is -2.08. The van der Waals surface area contributed by atoms with Gasteiger partial charge in [-0.2, -0.15) is 0 Å². The van der Waals surface area contributed by atoms with Gasteiger partial charge in [-0.1, -0.05) is 47.6 Å². The Morgan fingerprint density at radius 1 is 0.912 bits per heavy atom. The molecule has 34 heavy (non-hydrogen) atoms. The lowest BCUT2D eigenvalue weighted by Crippen LogP contribution is -2.17. The van der Waals surface area contributed by atoms with Crippen molar-refractivity contribution in [3.63, 3.8) is 0 Å². The highest BCUT2D eigenvalue weighted by Crippen LogP contribution is 2.21. The minimum Gasteiger partial charge on any atom is -0.403 e. The summed E-state index contributed by atoms with van der Waals surface area (Å²) in [6.07, 6.45) is 2.66. The Kier molecular flexibility index (Phi) is 6.50. The molecule has 4 rings (SSSR count). The lowest BCUT2D eigenvalue weighted by atomic mass is 10.1. The molecule has 0 saturated heterocycles. The number of aromatic nitrogens is 2. The summed E-state index contributed by atoms with van der Waals surface area (Å²) in [6.45, 7) is 0. The van der Waals surface area contributed by atoms with Crippen LogP contribution >= 0.6 is 0 Å². The predicted octanol–water partition coefficient (Wildman–Crippen LogP) is 4.55. The molecule has 2 N–H and O–H groups in total. The van der Waals surface area contributed by atoms with E-state index in [1.165, 1.54) is 36.4 Å². The smallest absolute Gasteiger partial charge is 0.322 e. The van der Waals surface area contributed by atoms with E-state index in [9.17, 15) is 19.7 Å². The summed E-state index contributed by atoms with van der Waals surface area (Å²) >= 11 is 0. The first-order valence-corrected chi connectivity index (χ1v) is 10.0. The summed E-state index contributed by atoms with van der Waals surface area (Å²) in [5.74, 6) is -0.818. The Labute approximate surface area is 193 Å². The van der Waals surface area contributed by atoms with Crippen LogP contribution in [0.1, 0.15) is 15.9 Å². The summed E-state index contributed by atoms with van der Waals surface area (Å²) in [5.41, 5.74) is 1.55. The van der Waals surface area contributed by atoms with Gasteiger partial charge in [0.25, 0.3) is 11.6 Å². The molecule has 2 amide bonds. The first-order chi connectivity index (χ1) is 16.5. The molecule has 1 aromatic heterocycles. The van der Waals surface area contributed by atoms with Crippen molar-refractivity contribution in [3.05, 3.63) is 106 Å².